The molecule has 1 heterocycles. The van der Waals surface area contributed by atoms with Crippen LogP contribution in [0.3, 0.4) is 0 Å². The summed E-state index contributed by atoms with van der Waals surface area (Å²) < 4.78 is 14.0. The van der Waals surface area contributed by atoms with Crippen molar-refractivity contribution in [1.29, 1.82) is 0 Å². The number of aromatic nitrogens is 1. The van der Waals surface area contributed by atoms with Gasteiger partial charge in [0.05, 0.1) is 12.3 Å². The Morgan fingerprint density at radius 1 is 1.52 bits per heavy atom. The lowest BCUT2D eigenvalue weighted by atomic mass is 9.77. The Balaban J connectivity index is 2.06. The number of halogens is 2. The van der Waals surface area contributed by atoms with E-state index in [0.717, 1.165) is 31.7 Å². The van der Waals surface area contributed by atoms with Gasteiger partial charge in [0.1, 0.15) is 16.8 Å². The fourth-order valence-electron chi connectivity index (χ4n) is 3.17. The SMILES string of the molecule is [C-]#[N+]c1cc(F)c(C[C@@H]2CCC[C@H](CC(C)=O)C2)nc1Cl. The van der Waals surface area contributed by atoms with Gasteiger partial charge in [-0.2, -0.15) is 0 Å². The fourth-order valence-corrected chi connectivity index (χ4v) is 3.37. The summed E-state index contributed by atoms with van der Waals surface area (Å²) in [5, 5.41) is 0.0671. The summed E-state index contributed by atoms with van der Waals surface area (Å²) >= 11 is 5.88. The molecule has 0 unspecified atom stereocenters. The summed E-state index contributed by atoms with van der Waals surface area (Å²) in [5.41, 5.74) is 0.386. The second kappa shape index (κ2) is 7.00. The van der Waals surface area contributed by atoms with Gasteiger partial charge in [-0.3, -0.25) is 0 Å². The molecule has 0 spiro atoms. The van der Waals surface area contributed by atoms with E-state index in [4.69, 9.17) is 18.2 Å². The third kappa shape index (κ3) is 4.25. The number of pyridine rings is 1. The molecule has 2 atom stereocenters. The van der Waals surface area contributed by atoms with Crippen molar-refractivity contribution in [1.82, 2.24) is 4.98 Å². The van der Waals surface area contributed by atoms with Crippen LogP contribution in [0.25, 0.3) is 4.85 Å². The summed E-state index contributed by atoms with van der Waals surface area (Å²) in [6.45, 7) is 8.52. The quantitative estimate of drug-likeness (QED) is 0.594. The van der Waals surface area contributed by atoms with Gasteiger partial charge in [0.25, 0.3) is 0 Å². The van der Waals surface area contributed by atoms with Gasteiger partial charge in [-0.15, -0.1) is 0 Å². The maximum absolute atomic E-state index is 14.0. The molecule has 1 saturated carbocycles. The molecule has 1 aliphatic rings. The van der Waals surface area contributed by atoms with E-state index in [2.05, 4.69) is 9.83 Å². The number of ketones is 1. The van der Waals surface area contributed by atoms with Crippen LogP contribution in [-0.4, -0.2) is 10.8 Å². The molecular weight excluding hydrogens is 291 g/mol. The Labute approximate surface area is 129 Å². The summed E-state index contributed by atoms with van der Waals surface area (Å²) in [6.07, 6.45) is 5.24. The highest BCUT2D eigenvalue weighted by Crippen LogP contribution is 2.34. The van der Waals surface area contributed by atoms with E-state index in [1.165, 1.54) is 0 Å². The lowest BCUT2D eigenvalue weighted by molar-refractivity contribution is -0.118. The molecule has 0 amide bonds. The minimum absolute atomic E-state index is 0.0519. The topological polar surface area (TPSA) is 34.3 Å². The Morgan fingerprint density at radius 2 is 2.24 bits per heavy atom. The first-order valence-corrected chi connectivity index (χ1v) is 7.59. The molecule has 0 N–H and O–H groups in total. The molecule has 3 nitrogen and oxygen atoms in total. The summed E-state index contributed by atoms with van der Waals surface area (Å²) in [5.74, 6) is 0.496. The van der Waals surface area contributed by atoms with Gasteiger partial charge >= 0.3 is 0 Å². The van der Waals surface area contributed by atoms with Crippen molar-refractivity contribution in [3.63, 3.8) is 0 Å². The number of carbonyl (C=O) groups is 1. The van der Waals surface area contributed by atoms with Crippen molar-refractivity contribution in [2.45, 2.75) is 45.4 Å². The monoisotopic (exact) mass is 308 g/mol. The molecule has 1 aromatic rings. The maximum Gasteiger partial charge on any atom is 0.226 e. The Hall–Kier alpha value is -1.47. The zero-order valence-electron chi connectivity index (χ0n) is 12.0. The van der Waals surface area contributed by atoms with E-state index >= 15 is 0 Å². The average Bonchev–Trinajstić information content (AvgIpc) is 2.42. The minimum atomic E-state index is -0.459. The maximum atomic E-state index is 14.0. The van der Waals surface area contributed by atoms with Gasteiger partial charge in [0.15, 0.2) is 0 Å². The lowest BCUT2D eigenvalue weighted by Crippen LogP contribution is -2.20. The number of Topliss-reactive ketones (excluding diaryl/α,β-unsaturated/α-hetero) is 1. The molecule has 0 bridgehead atoms. The average molecular weight is 309 g/mol. The first-order valence-electron chi connectivity index (χ1n) is 7.21. The molecular formula is C16H18ClFN2O. The molecule has 0 saturated heterocycles. The molecule has 1 fully saturated rings. The largest absolute Gasteiger partial charge is 0.300 e. The lowest BCUT2D eigenvalue weighted by Gasteiger charge is -2.28. The van der Waals surface area contributed by atoms with Crippen LogP contribution in [0.2, 0.25) is 5.15 Å². The highest BCUT2D eigenvalue weighted by molar-refractivity contribution is 6.32. The Bertz CT molecular complexity index is 582. The van der Waals surface area contributed by atoms with Crippen LogP contribution in [-0.2, 0) is 11.2 Å². The zero-order valence-corrected chi connectivity index (χ0v) is 12.8. The van der Waals surface area contributed by atoms with Crippen LogP contribution in [0, 0.1) is 24.2 Å². The first-order chi connectivity index (χ1) is 9.99. The Kier molecular flexibility index (Phi) is 5.30. The van der Waals surface area contributed by atoms with Gasteiger partial charge in [-0.05, 0) is 37.7 Å². The molecule has 0 radical (unpaired) electrons. The predicted octanol–water partition coefficient (Wildman–Crippen LogP) is 4.75. The third-order valence-corrected chi connectivity index (χ3v) is 4.33. The van der Waals surface area contributed by atoms with Crippen molar-refractivity contribution in [3.8, 4) is 0 Å². The van der Waals surface area contributed by atoms with E-state index < -0.39 is 5.82 Å². The minimum Gasteiger partial charge on any atom is -0.300 e. The second-order valence-corrected chi connectivity index (χ2v) is 6.21. The summed E-state index contributed by atoms with van der Waals surface area (Å²) in [6, 6.07) is 1.16. The van der Waals surface area contributed by atoms with Gasteiger partial charge in [0, 0.05) is 6.42 Å². The van der Waals surface area contributed by atoms with Crippen LogP contribution in [0.15, 0.2) is 6.07 Å². The van der Waals surface area contributed by atoms with Crippen molar-refractivity contribution in [3.05, 3.63) is 34.1 Å². The normalized spacial score (nSPS) is 21.8. The molecule has 5 heteroatoms. The summed E-state index contributed by atoms with van der Waals surface area (Å²) in [4.78, 5) is 18.4. The van der Waals surface area contributed by atoms with Crippen molar-refractivity contribution in [2.75, 3.05) is 0 Å². The van der Waals surface area contributed by atoms with E-state index in [9.17, 15) is 9.18 Å². The first kappa shape index (κ1) is 15.9. The molecule has 2 rings (SSSR count). The second-order valence-electron chi connectivity index (χ2n) is 5.85. The van der Waals surface area contributed by atoms with Gasteiger partial charge in [-0.25, -0.2) is 14.2 Å². The Morgan fingerprint density at radius 3 is 2.90 bits per heavy atom. The van der Waals surface area contributed by atoms with E-state index in [1.54, 1.807) is 6.92 Å². The molecule has 0 aliphatic heterocycles. The molecule has 21 heavy (non-hydrogen) atoms. The molecule has 0 aromatic carbocycles. The zero-order chi connectivity index (χ0) is 15.4. The number of hydrogen-bond donors (Lipinski definition) is 0. The predicted molar refractivity (Wildman–Crippen MR) is 79.9 cm³/mol. The molecule has 112 valence electrons. The van der Waals surface area contributed by atoms with E-state index in [-0.39, 0.29) is 16.6 Å². The standard InChI is InChI=1S/C16H18ClFN2O/c1-10(21)6-11-4-3-5-12(7-11)8-14-13(18)9-15(19-2)16(17)20-14/h9,11-12H,3-8H2,1H3/t11-,12-/m1/s1. The van der Waals surface area contributed by atoms with Crippen molar-refractivity contribution in [2.24, 2.45) is 11.8 Å². The van der Waals surface area contributed by atoms with Crippen molar-refractivity contribution < 1.29 is 9.18 Å². The number of nitrogens with zero attached hydrogens (tertiary/aromatic N) is 2. The van der Waals surface area contributed by atoms with E-state index in [1.807, 2.05) is 0 Å². The van der Waals surface area contributed by atoms with Crippen LogP contribution >= 0.6 is 11.6 Å². The van der Waals surface area contributed by atoms with Crippen LogP contribution in [0.5, 0.6) is 0 Å². The van der Waals surface area contributed by atoms with Crippen LogP contribution in [0.1, 0.15) is 44.7 Å². The van der Waals surface area contributed by atoms with Crippen molar-refractivity contribution >= 4 is 23.1 Å². The van der Waals surface area contributed by atoms with Crippen LogP contribution < -0.4 is 0 Å². The number of hydrogen-bond acceptors (Lipinski definition) is 2. The molecule has 1 aromatic heterocycles. The number of rotatable bonds is 4. The fraction of sp³-hybridized carbons (Fsp3) is 0.562. The smallest absolute Gasteiger partial charge is 0.226 e. The highest BCUT2D eigenvalue weighted by Gasteiger charge is 2.24. The van der Waals surface area contributed by atoms with Crippen LogP contribution in [0.4, 0.5) is 10.1 Å². The number of carbonyl (C=O) groups excluding carboxylic acids is 1. The third-order valence-electron chi connectivity index (χ3n) is 4.05. The van der Waals surface area contributed by atoms with Gasteiger partial charge in [0.2, 0.25) is 5.69 Å². The van der Waals surface area contributed by atoms with E-state index in [0.29, 0.717) is 30.4 Å². The molecule has 1 aliphatic carbocycles. The highest BCUT2D eigenvalue weighted by atomic mass is 35.5. The van der Waals surface area contributed by atoms with Gasteiger partial charge in [-0.1, -0.05) is 30.9 Å². The summed E-state index contributed by atoms with van der Waals surface area (Å²) in [7, 11) is 0. The van der Waals surface area contributed by atoms with Gasteiger partial charge < -0.3 is 4.79 Å².